The van der Waals surface area contributed by atoms with Gasteiger partial charge in [-0.1, -0.05) is 0 Å². The zero-order valence-corrected chi connectivity index (χ0v) is 21.7. The zero-order chi connectivity index (χ0) is 22.0. The maximum absolute atomic E-state index is 4.13. The van der Waals surface area contributed by atoms with Crippen molar-refractivity contribution in [3.05, 3.63) is 98.1 Å². The second kappa shape index (κ2) is 11.5. The number of hydrogen-bond donors (Lipinski definition) is 0. The van der Waals surface area contributed by atoms with Gasteiger partial charge in [-0.05, 0) is 59.4 Å². The van der Waals surface area contributed by atoms with E-state index in [1.54, 1.807) is 0 Å². The van der Waals surface area contributed by atoms with Crippen LogP contribution in [-0.4, -0.2) is 20.5 Å². The van der Waals surface area contributed by atoms with E-state index in [0.29, 0.717) is 22.6 Å². The van der Waals surface area contributed by atoms with Gasteiger partial charge in [-0.2, -0.15) is 0 Å². The molecule has 0 aliphatic carbocycles. The summed E-state index contributed by atoms with van der Waals surface area (Å²) in [6.45, 7) is 0. The molecule has 6 heterocycles. The minimum absolute atomic E-state index is 0. The van der Waals surface area contributed by atoms with E-state index in [1.807, 2.05) is 24.8 Å². The van der Waals surface area contributed by atoms with Crippen molar-refractivity contribution in [1.82, 2.24) is 9.97 Å². The fourth-order valence-electron chi connectivity index (χ4n) is 5.44. The van der Waals surface area contributed by atoms with E-state index in [1.165, 1.54) is 47.9 Å². The maximum Gasteiger partial charge on any atom is 0.170 e. The van der Waals surface area contributed by atoms with Crippen molar-refractivity contribution in [1.29, 1.82) is 0 Å². The Kier molecular flexibility index (Phi) is 8.42. The van der Waals surface area contributed by atoms with Crippen molar-refractivity contribution in [2.45, 2.75) is 48.3 Å². The fourth-order valence-corrected chi connectivity index (χ4v) is 7.35. The van der Waals surface area contributed by atoms with Gasteiger partial charge in [0.05, 0.1) is 10.5 Å². The second-order valence-corrected chi connectivity index (χ2v) is 10.5. The molecule has 2 saturated heterocycles. The Labute approximate surface area is 223 Å². The van der Waals surface area contributed by atoms with E-state index in [4.69, 9.17) is 0 Å². The van der Waals surface area contributed by atoms with Crippen LogP contribution in [0.2, 0.25) is 0 Å². The summed E-state index contributed by atoms with van der Waals surface area (Å²) in [5.74, 6) is 0. The molecule has 2 bridgehead atoms. The monoisotopic (exact) mass is 522 g/mol. The lowest BCUT2D eigenvalue weighted by atomic mass is 9.90. The average Bonchev–Trinajstić information content (AvgIpc) is 2.90. The first-order valence-corrected chi connectivity index (χ1v) is 12.8. The molecule has 2 aliphatic rings. The summed E-state index contributed by atoms with van der Waals surface area (Å²) in [6.07, 6.45) is 21.6. The normalized spacial score (nSPS) is 23.0. The summed E-state index contributed by atoms with van der Waals surface area (Å²) < 4.78 is 4.91. The highest BCUT2D eigenvalue weighted by atomic mass is 35.5. The number of pyridine rings is 4. The van der Waals surface area contributed by atoms with Crippen LogP contribution >= 0.6 is 11.8 Å². The van der Waals surface area contributed by atoms with E-state index >= 15 is 0 Å². The number of nitrogens with zero attached hydrogens (tertiary/aromatic N) is 4. The molecule has 180 valence electrons. The van der Waals surface area contributed by atoms with Crippen LogP contribution < -0.4 is 33.9 Å². The Hall–Kier alpha value is -2.47. The van der Waals surface area contributed by atoms with Crippen molar-refractivity contribution in [2.75, 3.05) is 0 Å². The first kappa shape index (κ1) is 25.6. The van der Waals surface area contributed by atoms with Gasteiger partial charge in [0.1, 0.15) is 0 Å². The Morgan fingerprint density at radius 2 is 0.857 bits per heavy atom. The molecule has 0 spiro atoms. The van der Waals surface area contributed by atoms with Crippen LogP contribution in [0.1, 0.15) is 37.8 Å². The number of rotatable bonds is 4. The Morgan fingerprint density at radius 1 is 0.514 bits per heavy atom. The molecule has 2 fully saturated rings. The Balaban J connectivity index is 0.00000144. The van der Waals surface area contributed by atoms with Gasteiger partial charge in [0, 0.05) is 61.9 Å². The lowest BCUT2D eigenvalue weighted by Gasteiger charge is -2.38. The quantitative estimate of drug-likeness (QED) is 0.330. The van der Waals surface area contributed by atoms with Crippen LogP contribution in [0.4, 0.5) is 0 Å². The molecule has 7 heteroatoms. The lowest BCUT2D eigenvalue weighted by molar-refractivity contribution is -0.733. The van der Waals surface area contributed by atoms with Gasteiger partial charge in [-0.3, -0.25) is 9.97 Å². The largest absolute Gasteiger partial charge is 1.00 e. The average molecular weight is 524 g/mol. The molecule has 4 aromatic heterocycles. The number of fused-ring (bicyclic) bond motifs is 2. The molecule has 6 rings (SSSR count). The third-order valence-corrected chi connectivity index (χ3v) is 9.00. The van der Waals surface area contributed by atoms with E-state index in [9.17, 15) is 0 Å². The number of halogens is 2. The number of thioether (sulfide) groups is 1. The van der Waals surface area contributed by atoms with E-state index in [-0.39, 0.29) is 24.8 Å². The zero-order valence-electron chi connectivity index (χ0n) is 19.3. The fraction of sp³-hybridized carbons (Fsp3) is 0.286. The third kappa shape index (κ3) is 5.37. The Bertz CT molecular complexity index is 1110. The second-order valence-electron chi connectivity index (χ2n) is 9.04. The van der Waals surface area contributed by atoms with Crippen LogP contribution in [0.3, 0.4) is 0 Å². The molecule has 0 aromatic carbocycles. The molecule has 35 heavy (non-hydrogen) atoms. The molecule has 4 atom stereocenters. The van der Waals surface area contributed by atoms with Gasteiger partial charge in [-0.25, -0.2) is 9.13 Å². The van der Waals surface area contributed by atoms with Crippen LogP contribution in [-0.2, 0) is 0 Å². The predicted octanol–water partition coefficient (Wildman–Crippen LogP) is -0.766. The highest BCUT2D eigenvalue weighted by molar-refractivity contribution is 8.00. The summed E-state index contributed by atoms with van der Waals surface area (Å²) in [5, 5.41) is 1.40. The summed E-state index contributed by atoms with van der Waals surface area (Å²) in [6, 6.07) is 18.5. The summed E-state index contributed by atoms with van der Waals surface area (Å²) in [7, 11) is 0. The maximum atomic E-state index is 4.13. The molecule has 0 unspecified atom stereocenters. The van der Waals surface area contributed by atoms with Gasteiger partial charge < -0.3 is 24.8 Å². The van der Waals surface area contributed by atoms with E-state index < -0.39 is 0 Å². The molecule has 4 aromatic rings. The summed E-state index contributed by atoms with van der Waals surface area (Å²) in [4.78, 5) is 8.26. The highest BCUT2D eigenvalue weighted by Gasteiger charge is 2.46. The molecular weight excluding hydrogens is 495 g/mol. The van der Waals surface area contributed by atoms with Crippen molar-refractivity contribution < 1.29 is 33.9 Å². The van der Waals surface area contributed by atoms with Gasteiger partial charge in [0.25, 0.3) is 0 Å². The van der Waals surface area contributed by atoms with Crippen LogP contribution in [0, 0.1) is 0 Å². The van der Waals surface area contributed by atoms with Gasteiger partial charge in [0.2, 0.25) is 0 Å². The lowest BCUT2D eigenvalue weighted by Crippen LogP contribution is -3.00. The Morgan fingerprint density at radius 3 is 1.23 bits per heavy atom. The summed E-state index contributed by atoms with van der Waals surface area (Å²) >= 11 is 2.22. The van der Waals surface area contributed by atoms with Gasteiger partial charge >= 0.3 is 0 Å². The molecule has 0 saturated carbocycles. The topological polar surface area (TPSA) is 33.5 Å². The molecular formula is C28H28Cl2N4S. The minimum atomic E-state index is 0. The van der Waals surface area contributed by atoms with E-state index in [0.717, 1.165) is 0 Å². The van der Waals surface area contributed by atoms with Gasteiger partial charge in [0.15, 0.2) is 36.9 Å². The minimum Gasteiger partial charge on any atom is -1.00 e. The molecule has 0 amide bonds. The van der Waals surface area contributed by atoms with Crippen LogP contribution in [0.15, 0.2) is 98.1 Å². The third-order valence-electron chi connectivity index (χ3n) is 7.20. The van der Waals surface area contributed by atoms with Crippen molar-refractivity contribution >= 4 is 11.8 Å². The smallest absolute Gasteiger partial charge is 0.170 e. The first-order chi connectivity index (χ1) is 16.3. The molecule has 0 N–H and O–H groups in total. The molecule has 4 nitrogen and oxygen atoms in total. The van der Waals surface area contributed by atoms with Crippen LogP contribution in [0.5, 0.6) is 0 Å². The highest BCUT2D eigenvalue weighted by Crippen LogP contribution is 2.47. The standard InChI is InChI=1S/C28H28N4S.2ClH/c1-3-27-26(32-19-11-24(12-20-32)22-7-15-30-16-8-22)2-4-28(33-27)25(1)31-17-9-23(10-18-31)21-5-13-29-14-6-21;;/h5-20,25-28H,1-4H2;2*1H/q+2;;/p-2/t25-,26-,27-,28-;;/m1../s1. The number of hydrogen-bond acceptors (Lipinski definition) is 3. The first-order valence-electron chi connectivity index (χ1n) is 11.8. The van der Waals surface area contributed by atoms with E-state index in [2.05, 4.69) is 104 Å². The van der Waals surface area contributed by atoms with Crippen molar-refractivity contribution in [3.8, 4) is 22.3 Å². The van der Waals surface area contributed by atoms with Crippen molar-refractivity contribution in [2.24, 2.45) is 0 Å². The van der Waals surface area contributed by atoms with Gasteiger partial charge in [-0.15, -0.1) is 11.8 Å². The molecule has 0 radical (unpaired) electrons. The summed E-state index contributed by atoms with van der Waals surface area (Å²) in [5.41, 5.74) is 4.96. The predicted molar refractivity (Wildman–Crippen MR) is 131 cm³/mol. The molecule has 2 aliphatic heterocycles. The van der Waals surface area contributed by atoms with Crippen molar-refractivity contribution in [3.63, 3.8) is 0 Å². The SMILES string of the molecule is [Cl-].[Cl-].c1cc(-c2cc[n+]([C@@H]3CC[C@H]4S[C@@H]3CC[C@H]4[n+]3ccc(-c4ccncc4)cc3)cc2)ccn1. The van der Waals surface area contributed by atoms with Crippen LogP contribution in [0.25, 0.3) is 22.3 Å². The number of aromatic nitrogens is 4.